The number of carbonyl (C=O) groups excluding carboxylic acids is 1. The Labute approximate surface area is 93.2 Å². The van der Waals surface area contributed by atoms with E-state index >= 15 is 0 Å². The molecule has 0 saturated heterocycles. The molecule has 0 fully saturated rings. The summed E-state index contributed by atoms with van der Waals surface area (Å²) in [7, 11) is -3.72. The van der Waals surface area contributed by atoms with Crippen LogP contribution in [0.5, 0.6) is 5.75 Å². The zero-order valence-corrected chi connectivity index (χ0v) is 9.45. The van der Waals surface area contributed by atoms with Crippen molar-refractivity contribution in [3.63, 3.8) is 0 Å². The van der Waals surface area contributed by atoms with Gasteiger partial charge in [-0.3, -0.25) is 4.79 Å². The smallest absolute Gasteiger partial charge is 0.255 e. The van der Waals surface area contributed by atoms with Gasteiger partial charge in [0, 0.05) is 0 Å². The molecular formula is C9H12N2O4S. The Balaban J connectivity index is 2.96. The number of rotatable bonds is 4. The summed E-state index contributed by atoms with van der Waals surface area (Å²) in [6.45, 7) is 1.39. The first-order valence-corrected chi connectivity index (χ1v) is 5.90. The minimum atomic E-state index is -3.72. The molecule has 0 bridgehead atoms. The number of amides is 1. The molecule has 1 amide bonds. The first-order valence-electron chi connectivity index (χ1n) is 4.35. The lowest BCUT2D eigenvalue weighted by Gasteiger charge is -2.08. The van der Waals surface area contributed by atoms with E-state index < -0.39 is 15.9 Å². The van der Waals surface area contributed by atoms with Crippen molar-refractivity contribution in [1.29, 1.82) is 0 Å². The van der Waals surface area contributed by atoms with Gasteiger partial charge in [-0.05, 0) is 30.7 Å². The van der Waals surface area contributed by atoms with Gasteiger partial charge in [0.2, 0.25) is 10.0 Å². The number of primary sulfonamides is 1. The molecule has 0 atom stereocenters. The molecule has 4 N–H and O–H groups in total. The van der Waals surface area contributed by atoms with Crippen LogP contribution in [0.4, 0.5) is 0 Å². The molecule has 0 aliphatic carbocycles. The number of aryl methyl sites for hydroxylation is 1. The molecular weight excluding hydrogens is 232 g/mol. The van der Waals surface area contributed by atoms with Crippen LogP contribution in [0.1, 0.15) is 5.56 Å². The highest BCUT2D eigenvalue weighted by molar-refractivity contribution is 7.89. The summed E-state index contributed by atoms with van der Waals surface area (Å²) in [4.78, 5) is 10.5. The fourth-order valence-electron chi connectivity index (χ4n) is 1.11. The Morgan fingerprint density at radius 3 is 2.50 bits per heavy atom. The summed E-state index contributed by atoms with van der Waals surface area (Å²) >= 11 is 0. The van der Waals surface area contributed by atoms with Crippen LogP contribution in [0.25, 0.3) is 0 Å². The third-order valence-corrected chi connectivity index (χ3v) is 2.76. The molecule has 0 aliphatic heterocycles. The van der Waals surface area contributed by atoms with E-state index in [-0.39, 0.29) is 11.5 Å². The summed E-state index contributed by atoms with van der Waals surface area (Å²) in [5.41, 5.74) is 5.47. The van der Waals surface area contributed by atoms with Gasteiger partial charge >= 0.3 is 0 Å². The first-order chi connectivity index (χ1) is 7.30. The zero-order chi connectivity index (χ0) is 12.3. The second-order valence-electron chi connectivity index (χ2n) is 3.23. The maximum absolute atomic E-state index is 11.0. The molecule has 0 aromatic heterocycles. The highest BCUT2D eigenvalue weighted by Crippen LogP contribution is 2.20. The number of hydrogen-bond acceptors (Lipinski definition) is 4. The average molecular weight is 244 g/mol. The summed E-state index contributed by atoms with van der Waals surface area (Å²) in [5, 5.41) is 4.96. The third-order valence-electron chi connectivity index (χ3n) is 1.84. The van der Waals surface area contributed by atoms with Crippen LogP contribution in [-0.2, 0) is 14.8 Å². The van der Waals surface area contributed by atoms with Gasteiger partial charge in [0.15, 0.2) is 6.61 Å². The third kappa shape index (κ3) is 3.21. The van der Waals surface area contributed by atoms with Crippen LogP contribution >= 0.6 is 0 Å². The fourth-order valence-corrected chi connectivity index (χ4v) is 1.71. The highest BCUT2D eigenvalue weighted by Gasteiger charge is 2.10. The maximum Gasteiger partial charge on any atom is 0.255 e. The molecule has 0 aliphatic rings. The van der Waals surface area contributed by atoms with Gasteiger partial charge in [-0.15, -0.1) is 0 Å². The van der Waals surface area contributed by atoms with E-state index in [1.807, 2.05) is 0 Å². The molecule has 1 aromatic rings. The zero-order valence-electron chi connectivity index (χ0n) is 8.64. The number of ether oxygens (including phenoxy) is 1. The quantitative estimate of drug-likeness (QED) is 0.743. The second-order valence-corrected chi connectivity index (χ2v) is 4.79. The highest BCUT2D eigenvalue weighted by atomic mass is 32.2. The van der Waals surface area contributed by atoms with Crippen molar-refractivity contribution < 1.29 is 17.9 Å². The molecule has 0 heterocycles. The molecule has 1 rings (SSSR count). The van der Waals surface area contributed by atoms with Crippen molar-refractivity contribution in [2.45, 2.75) is 11.8 Å². The van der Waals surface area contributed by atoms with Crippen LogP contribution in [0.2, 0.25) is 0 Å². The van der Waals surface area contributed by atoms with Crippen LogP contribution in [-0.4, -0.2) is 20.9 Å². The predicted molar refractivity (Wildman–Crippen MR) is 57.2 cm³/mol. The Morgan fingerprint density at radius 2 is 2.06 bits per heavy atom. The summed E-state index contributed by atoms with van der Waals surface area (Å²) in [6.07, 6.45) is 0. The van der Waals surface area contributed by atoms with E-state index in [2.05, 4.69) is 0 Å². The van der Waals surface area contributed by atoms with Crippen molar-refractivity contribution in [3.8, 4) is 5.75 Å². The maximum atomic E-state index is 11.0. The van der Waals surface area contributed by atoms with E-state index in [1.54, 1.807) is 6.92 Å². The monoisotopic (exact) mass is 244 g/mol. The van der Waals surface area contributed by atoms with Crippen LogP contribution in [0.15, 0.2) is 23.1 Å². The lowest BCUT2D eigenvalue weighted by Crippen LogP contribution is -2.20. The van der Waals surface area contributed by atoms with Gasteiger partial charge < -0.3 is 10.5 Å². The molecule has 88 valence electrons. The molecule has 0 spiro atoms. The number of benzene rings is 1. The van der Waals surface area contributed by atoms with Gasteiger partial charge in [-0.1, -0.05) is 0 Å². The number of nitrogens with two attached hydrogens (primary N) is 2. The van der Waals surface area contributed by atoms with E-state index in [1.165, 1.54) is 18.2 Å². The molecule has 0 unspecified atom stereocenters. The van der Waals surface area contributed by atoms with Crippen LogP contribution < -0.4 is 15.6 Å². The Hall–Kier alpha value is -1.60. The van der Waals surface area contributed by atoms with Crippen LogP contribution in [0.3, 0.4) is 0 Å². The Morgan fingerprint density at radius 1 is 1.44 bits per heavy atom. The number of sulfonamides is 1. The van der Waals surface area contributed by atoms with Crippen molar-refractivity contribution in [1.82, 2.24) is 0 Å². The van der Waals surface area contributed by atoms with E-state index in [4.69, 9.17) is 15.6 Å². The molecule has 7 heteroatoms. The van der Waals surface area contributed by atoms with Crippen molar-refractivity contribution in [2.24, 2.45) is 10.9 Å². The Kier molecular flexibility index (Phi) is 3.51. The van der Waals surface area contributed by atoms with E-state index in [0.29, 0.717) is 11.3 Å². The standard InChI is InChI=1S/C9H12N2O4S/c1-6-4-7(16(11,13)14)2-3-8(6)15-5-9(10)12/h2-4H,5H2,1H3,(H2,10,12)(H2,11,13,14). The Bertz CT molecular complexity index is 510. The molecule has 0 radical (unpaired) electrons. The lowest BCUT2D eigenvalue weighted by atomic mass is 10.2. The predicted octanol–water partition coefficient (Wildman–Crippen LogP) is -0.493. The van der Waals surface area contributed by atoms with Crippen molar-refractivity contribution in [3.05, 3.63) is 23.8 Å². The second kappa shape index (κ2) is 4.50. The van der Waals surface area contributed by atoms with Gasteiger partial charge in [0.05, 0.1) is 4.90 Å². The molecule has 6 nitrogen and oxygen atoms in total. The van der Waals surface area contributed by atoms with Gasteiger partial charge in [0.1, 0.15) is 5.75 Å². The normalized spacial score (nSPS) is 11.1. The van der Waals surface area contributed by atoms with Gasteiger partial charge in [-0.25, -0.2) is 13.6 Å². The first kappa shape index (κ1) is 12.5. The number of carbonyl (C=O) groups is 1. The topological polar surface area (TPSA) is 112 Å². The van der Waals surface area contributed by atoms with Gasteiger partial charge in [-0.2, -0.15) is 0 Å². The molecule has 16 heavy (non-hydrogen) atoms. The van der Waals surface area contributed by atoms with Gasteiger partial charge in [0.25, 0.3) is 5.91 Å². The van der Waals surface area contributed by atoms with Crippen molar-refractivity contribution >= 4 is 15.9 Å². The van der Waals surface area contributed by atoms with Crippen LogP contribution in [0, 0.1) is 6.92 Å². The SMILES string of the molecule is Cc1cc(S(N)(=O)=O)ccc1OCC(N)=O. The molecule has 1 aromatic carbocycles. The summed E-state index contributed by atoms with van der Waals surface area (Å²) < 4.78 is 27.1. The minimum absolute atomic E-state index is 0.00331. The number of hydrogen-bond donors (Lipinski definition) is 2. The lowest BCUT2D eigenvalue weighted by molar-refractivity contribution is -0.119. The van der Waals surface area contributed by atoms with E-state index in [9.17, 15) is 13.2 Å². The minimum Gasteiger partial charge on any atom is -0.484 e. The van der Waals surface area contributed by atoms with E-state index in [0.717, 1.165) is 0 Å². The summed E-state index contributed by atoms with van der Waals surface area (Å²) in [5.74, 6) is -0.207. The largest absolute Gasteiger partial charge is 0.484 e. The summed E-state index contributed by atoms with van der Waals surface area (Å²) in [6, 6.07) is 4.10. The fraction of sp³-hybridized carbons (Fsp3) is 0.222. The average Bonchev–Trinajstić information content (AvgIpc) is 2.14. The van der Waals surface area contributed by atoms with Crippen molar-refractivity contribution in [2.75, 3.05) is 6.61 Å². The molecule has 0 saturated carbocycles. The number of primary amides is 1.